The Balaban J connectivity index is 1.62. The fourth-order valence-corrected chi connectivity index (χ4v) is 3.78. The van der Waals surface area contributed by atoms with Gasteiger partial charge >= 0.3 is 0 Å². The first-order chi connectivity index (χ1) is 15.4. The molecule has 2 atom stereocenters. The third-order valence-electron chi connectivity index (χ3n) is 5.31. The van der Waals surface area contributed by atoms with Crippen molar-refractivity contribution < 1.29 is 18.7 Å². The molecule has 2 heterocycles. The molecule has 1 aromatic carbocycles. The van der Waals surface area contributed by atoms with Crippen LogP contribution < -0.4 is 10.6 Å². The number of pyridine rings is 1. The van der Waals surface area contributed by atoms with Gasteiger partial charge in [-0.3, -0.25) is 14.5 Å². The number of morpholine rings is 1. The van der Waals surface area contributed by atoms with E-state index in [-0.39, 0.29) is 23.6 Å². The van der Waals surface area contributed by atoms with Crippen molar-refractivity contribution in [3.63, 3.8) is 0 Å². The Bertz CT molecular complexity index is 907. The zero-order valence-electron chi connectivity index (χ0n) is 18.6. The number of halogens is 1. The van der Waals surface area contributed by atoms with Gasteiger partial charge in [-0.15, -0.1) is 0 Å². The highest BCUT2D eigenvalue weighted by Gasteiger charge is 2.22. The van der Waals surface area contributed by atoms with Crippen molar-refractivity contribution in [1.82, 2.24) is 20.5 Å². The fraction of sp³-hybridized carbons (Fsp3) is 0.458. The van der Waals surface area contributed by atoms with Crippen LogP contribution in [0.2, 0.25) is 0 Å². The lowest BCUT2D eigenvalue weighted by Gasteiger charge is -2.33. The monoisotopic (exact) mass is 442 g/mol. The average Bonchev–Trinajstić information content (AvgIpc) is 2.78. The fourth-order valence-electron chi connectivity index (χ4n) is 3.78. The Hall–Kier alpha value is -2.84. The standard InChI is InChI=1S/C24H31FN4O3/c1-17(25)15-29-10-11-32-21(16-29)8-9-27-23(30)19-13-20(12-18-6-4-3-5-7-18)28-22(14-19)24(31)26-2/h3-7,13-14,17,21H,8-12,15-16H2,1-2H3,(H,26,31)(H,27,30)/t17?,21-/m1/s1. The predicted octanol–water partition coefficient (Wildman–Crippen LogP) is 2.21. The minimum Gasteiger partial charge on any atom is -0.375 e. The van der Waals surface area contributed by atoms with Crippen molar-refractivity contribution in [2.24, 2.45) is 0 Å². The van der Waals surface area contributed by atoms with Gasteiger partial charge in [-0.2, -0.15) is 0 Å². The number of carbonyl (C=O) groups is 2. The lowest BCUT2D eigenvalue weighted by Crippen LogP contribution is -2.45. The zero-order valence-corrected chi connectivity index (χ0v) is 18.6. The van der Waals surface area contributed by atoms with E-state index in [1.54, 1.807) is 13.0 Å². The molecule has 2 amide bonds. The molecule has 1 aromatic heterocycles. The number of aromatic nitrogens is 1. The van der Waals surface area contributed by atoms with E-state index in [0.29, 0.717) is 50.3 Å². The van der Waals surface area contributed by atoms with Gasteiger partial charge in [0.2, 0.25) is 0 Å². The normalized spacial score (nSPS) is 17.5. The number of benzene rings is 1. The molecule has 1 unspecified atom stereocenters. The van der Waals surface area contributed by atoms with E-state index in [4.69, 9.17) is 4.74 Å². The number of carbonyl (C=O) groups excluding carboxylic acids is 2. The smallest absolute Gasteiger partial charge is 0.269 e. The van der Waals surface area contributed by atoms with Crippen LogP contribution in [0.1, 0.15) is 45.4 Å². The van der Waals surface area contributed by atoms with E-state index >= 15 is 0 Å². The maximum atomic E-state index is 13.3. The lowest BCUT2D eigenvalue weighted by atomic mass is 10.1. The van der Waals surface area contributed by atoms with E-state index in [1.165, 1.54) is 13.1 Å². The Morgan fingerprint density at radius 2 is 2.03 bits per heavy atom. The molecule has 2 N–H and O–H groups in total. The minimum absolute atomic E-state index is 0.0460. The van der Waals surface area contributed by atoms with Gasteiger partial charge in [0.15, 0.2) is 0 Å². The number of hydrogen-bond acceptors (Lipinski definition) is 5. The summed E-state index contributed by atoms with van der Waals surface area (Å²) >= 11 is 0. The molecule has 2 aromatic rings. The van der Waals surface area contributed by atoms with Crippen LogP contribution in [-0.2, 0) is 11.2 Å². The van der Waals surface area contributed by atoms with Crippen molar-refractivity contribution in [3.8, 4) is 0 Å². The summed E-state index contributed by atoms with van der Waals surface area (Å²) in [5.41, 5.74) is 2.29. The van der Waals surface area contributed by atoms with Crippen molar-refractivity contribution in [3.05, 3.63) is 65.0 Å². The first kappa shape index (κ1) is 23.8. The van der Waals surface area contributed by atoms with Crippen LogP contribution in [-0.4, -0.2) is 73.8 Å². The second-order valence-electron chi connectivity index (χ2n) is 8.05. The molecule has 0 aliphatic carbocycles. The highest BCUT2D eigenvalue weighted by atomic mass is 19.1. The summed E-state index contributed by atoms with van der Waals surface area (Å²) in [6, 6.07) is 13.0. The van der Waals surface area contributed by atoms with Gasteiger partial charge in [0.1, 0.15) is 11.9 Å². The molecule has 0 saturated carbocycles. The number of ether oxygens (including phenoxy) is 1. The quantitative estimate of drug-likeness (QED) is 0.622. The Kier molecular flexibility index (Phi) is 8.70. The van der Waals surface area contributed by atoms with E-state index in [0.717, 1.165) is 12.1 Å². The van der Waals surface area contributed by atoms with Crippen molar-refractivity contribution in [2.45, 2.75) is 32.0 Å². The Morgan fingerprint density at radius 3 is 2.75 bits per heavy atom. The highest BCUT2D eigenvalue weighted by molar-refractivity contribution is 5.98. The summed E-state index contributed by atoms with van der Waals surface area (Å²) in [5, 5.41) is 5.47. The van der Waals surface area contributed by atoms with Crippen LogP contribution in [0, 0.1) is 0 Å². The topological polar surface area (TPSA) is 83.6 Å². The van der Waals surface area contributed by atoms with Crippen LogP contribution in [0.3, 0.4) is 0 Å². The Labute approximate surface area is 188 Å². The van der Waals surface area contributed by atoms with Crippen LogP contribution >= 0.6 is 0 Å². The zero-order chi connectivity index (χ0) is 22.9. The van der Waals surface area contributed by atoms with E-state index in [1.807, 2.05) is 30.3 Å². The molecular weight excluding hydrogens is 411 g/mol. The van der Waals surface area contributed by atoms with Crippen LogP contribution in [0.5, 0.6) is 0 Å². The molecule has 0 bridgehead atoms. The molecular formula is C24H31FN4O3. The Morgan fingerprint density at radius 1 is 1.25 bits per heavy atom. The largest absolute Gasteiger partial charge is 0.375 e. The summed E-state index contributed by atoms with van der Waals surface area (Å²) in [6.07, 6.45) is 0.229. The van der Waals surface area contributed by atoms with Gasteiger partial charge in [0.25, 0.3) is 11.8 Å². The van der Waals surface area contributed by atoms with Gasteiger partial charge in [0, 0.05) is 50.9 Å². The summed E-state index contributed by atoms with van der Waals surface area (Å²) in [6.45, 7) is 4.32. The van der Waals surface area contributed by atoms with E-state index in [2.05, 4.69) is 20.5 Å². The molecule has 3 rings (SSSR count). The highest BCUT2D eigenvalue weighted by Crippen LogP contribution is 2.13. The van der Waals surface area contributed by atoms with Gasteiger partial charge in [-0.05, 0) is 31.0 Å². The van der Waals surface area contributed by atoms with Gasteiger partial charge in [-0.25, -0.2) is 9.37 Å². The number of nitrogens with zero attached hydrogens (tertiary/aromatic N) is 2. The molecule has 1 saturated heterocycles. The van der Waals surface area contributed by atoms with Crippen molar-refractivity contribution in [1.29, 1.82) is 0 Å². The molecule has 1 aliphatic rings. The van der Waals surface area contributed by atoms with Gasteiger partial charge < -0.3 is 15.4 Å². The van der Waals surface area contributed by atoms with Crippen LogP contribution in [0.15, 0.2) is 42.5 Å². The van der Waals surface area contributed by atoms with E-state index < -0.39 is 6.17 Å². The maximum Gasteiger partial charge on any atom is 0.269 e. The summed E-state index contributed by atoms with van der Waals surface area (Å²) < 4.78 is 19.0. The minimum atomic E-state index is -0.875. The second-order valence-corrected chi connectivity index (χ2v) is 8.05. The SMILES string of the molecule is CNC(=O)c1cc(C(=O)NCC[C@@H]2CN(CC(C)F)CCO2)cc(Cc2ccccc2)n1. The van der Waals surface area contributed by atoms with Crippen LogP contribution in [0.4, 0.5) is 4.39 Å². The predicted molar refractivity (Wildman–Crippen MR) is 121 cm³/mol. The lowest BCUT2D eigenvalue weighted by molar-refractivity contribution is -0.0364. The average molecular weight is 443 g/mol. The molecule has 8 heteroatoms. The maximum absolute atomic E-state index is 13.3. The van der Waals surface area contributed by atoms with Crippen LogP contribution in [0.25, 0.3) is 0 Å². The number of amides is 2. The first-order valence-electron chi connectivity index (χ1n) is 11.0. The van der Waals surface area contributed by atoms with Gasteiger partial charge in [-0.1, -0.05) is 30.3 Å². The number of alkyl halides is 1. The summed E-state index contributed by atoms with van der Waals surface area (Å²) in [5.74, 6) is -0.608. The third kappa shape index (κ3) is 7.10. The van der Waals surface area contributed by atoms with E-state index in [9.17, 15) is 14.0 Å². The second kappa shape index (κ2) is 11.7. The molecule has 0 spiro atoms. The number of nitrogens with one attached hydrogen (secondary N) is 2. The molecule has 0 radical (unpaired) electrons. The van der Waals surface area contributed by atoms with Crippen molar-refractivity contribution in [2.75, 3.05) is 39.8 Å². The first-order valence-corrected chi connectivity index (χ1v) is 11.0. The number of rotatable bonds is 9. The molecule has 1 fully saturated rings. The third-order valence-corrected chi connectivity index (χ3v) is 5.31. The van der Waals surface area contributed by atoms with Gasteiger partial charge in [0.05, 0.1) is 12.7 Å². The molecule has 1 aliphatic heterocycles. The van der Waals surface area contributed by atoms with Crippen molar-refractivity contribution >= 4 is 11.8 Å². The molecule has 32 heavy (non-hydrogen) atoms. The summed E-state index contributed by atoms with van der Waals surface area (Å²) in [7, 11) is 1.53. The molecule has 7 nitrogen and oxygen atoms in total. The number of hydrogen-bond donors (Lipinski definition) is 2. The summed E-state index contributed by atoms with van der Waals surface area (Å²) in [4.78, 5) is 31.4. The molecule has 172 valence electrons.